The maximum atomic E-state index is 11.0. The number of methoxy groups -OCH3 is 1. The number of nitrogens with zero attached hydrogens (tertiary/aromatic N) is 2. The van der Waals surface area contributed by atoms with Gasteiger partial charge in [-0.1, -0.05) is 11.3 Å². The molecule has 0 aliphatic rings. The Kier molecular flexibility index (Phi) is 5.58. The minimum Gasteiger partial charge on any atom is -0.487 e. The lowest BCUT2D eigenvalue weighted by Crippen LogP contribution is -1.86. The molecule has 0 unspecified atom stereocenters. The molecular formula is C26H16N2O2S4. The fraction of sp³-hybridized carbons (Fsp3) is 0.0385. The Morgan fingerprint density at radius 2 is 1.15 bits per heavy atom. The topological polar surface area (TPSA) is 52.1 Å². The van der Waals surface area contributed by atoms with Gasteiger partial charge in [0.1, 0.15) is 0 Å². The summed E-state index contributed by atoms with van der Waals surface area (Å²) in [5.74, 6) is 0. The number of aldehydes is 1. The zero-order valence-corrected chi connectivity index (χ0v) is 21.1. The number of hydrogen-bond acceptors (Lipinski definition) is 8. The molecule has 166 valence electrons. The summed E-state index contributed by atoms with van der Waals surface area (Å²) in [6.45, 7) is 0. The quantitative estimate of drug-likeness (QED) is 0.209. The summed E-state index contributed by atoms with van der Waals surface area (Å²) < 4.78 is 5.32. The molecule has 0 aliphatic heterocycles. The van der Waals surface area contributed by atoms with Crippen molar-refractivity contribution in [3.63, 3.8) is 0 Å². The van der Waals surface area contributed by atoms with E-state index in [1.54, 1.807) is 41.1 Å². The number of ether oxygens (including phenoxy) is 1. The van der Waals surface area contributed by atoms with Crippen molar-refractivity contribution in [3.05, 3.63) is 77.9 Å². The maximum Gasteiger partial charge on any atom is 0.173 e. The van der Waals surface area contributed by atoms with Gasteiger partial charge in [-0.3, -0.25) is 14.8 Å². The second-order valence-corrected chi connectivity index (χ2v) is 11.8. The molecule has 0 aliphatic carbocycles. The monoisotopic (exact) mass is 516 g/mol. The van der Waals surface area contributed by atoms with E-state index < -0.39 is 0 Å². The van der Waals surface area contributed by atoms with E-state index in [0.29, 0.717) is 0 Å². The fourth-order valence-corrected chi connectivity index (χ4v) is 7.43. The molecule has 6 rings (SSSR count). The number of pyridine rings is 2. The zero-order chi connectivity index (χ0) is 23.1. The molecule has 34 heavy (non-hydrogen) atoms. The van der Waals surface area contributed by atoms with Crippen LogP contribution in [-0.2, 0) is 0 Å². The largest absolute Gasteiger partial charge is 0.487 e. The molecule has 0 N–H and O–H groups in total. The number of carbonyl (C=O) groups is 1. The van der Waals surface area contributed by atoms with Crippen molar-refractivity contribution in [2.24, 2.45) is 0 Å². The van der Waals surface area contributed by atoms with Gasteiger partial charge in [0, 0.05) is 52.8 Å². The molecular weight excluding hydrogens is 501 g/mol. The Bertz CT molecular complexity index is 1640. The number of hydrogen-bond donors (Lipinski definition) is 0. The van der Waals surface area contributed by atoms with Gasteiger partial charge in [0.05, 0.1) is 23.0 Å². The second-order valence-electron chi connectivity index (χ2n) is 7.46. The lowest BCUT2D eigenvalue weighted by Gasteiger charge is -2.03. The Morgan fingerprint density at radius 1 is 0.647 bits per heavy atom. The van der Waals surface area contributed by atoms with Crippen molar-refractivity contribution >= 4 is 62.7 Å². The van der Waals surface area contributed by atoms with Gasteiger partial charge in [0.25, 0.3) is 0 Å². The van der Waals surface area contributed by atoms with Crippen LogP contribution in [0.25, 0.3) is 51.4 Å². The molecule has 0 aromatic carbocycles. The van der Waals surface area contributed by atoms with Crippen molar-refractivity contribution in [1.82, 2.24) is 9.97 Å². The molecule has 8 heteroatoms. The first-order valence-electron chi connectivity index (χ1n) is 10.4. The Hall–Kier alpha value is -3.17. The van der Waals surface area contributed by atoms with Gasteiger partial charge in [-0.2, -0.15) is 0 Å². The second kappa shape index (κ2) is 8.88. The van der Waals surface area contributed by atoms with E-state index in [-0.39, 0.29) is 0 Å². The molecule has 0 amide bonds. The van der Waals surface area contributed by atoms with Gasteiger partial charge in [0.15, 0.2) is 11.3 Å². The summed E-state index contributed by atoms with van der Waals surface area (Å²) in [6, 6.07) is 20.6. The molecule has 0 bridgehead atoms. The predicted octanol–water partition coefficient (Wildman–Crippen LogP) is 8.36. The Morgan fingerprint density at radius 3 is 1.68 bits per heavy atom. The average molecular weight is 517 g/mol. The molecule has 0 saturated carbocycles. The van der Waals surface area contributed by atoms with E-state index in [0.717, 1.165) is 57.9 Å². The van der Waals surface area contributed by atoms with Gasteiger partial charge >= 0.3 is 0 Å². The Balaban J connectivity index is 1.28. The summed E-state index contributed by atoms with van der Waals surface area (Å²) in [6.07, 6.45) is 4.73. The third-order valence-corrected chi connectivity index (χ3v) is 10.0. The van der Waals surface area contributed by atoms with E-state index in [2.05, 4.69) is 42.5 Å². The van der Waals surface area contributed by atoms with Crippen LogP contribution in [0.2, 0.25) is 0 Å². The van der Waals surface area contributed by atoms with Gasteiger partial charge in [-0.15, -0.1) is 34.0 Å². The van der Waals surface area contributed by atoms with Crippen LogP contribution in [-0.4, -0.2) is 23.4 Å². The summed E-state index contributed by atoms with van der Waals surface area (Å²) in [5.41, 5.74) is 3.85. The van der Waals surface area contributed by atoms with Crippen molar-refractivity contribution in [3.8, 4) is 45.5 Å². The molecule has 6 aromatic rings. The van der Waals surface area contributed by atoms with Crippen LogP contribution in [0.4, 0.5) is 0 Å². The van der Waals surface area contributed by atoms with Crippen LogP contribution in [0.3, 0.4) is 0 Å². The van der Waals surface area contributed by atoms with E-state index in [1.807, 2.05) is 30.6 Å². The summed E-state index contributed by atoms with van der Waals surface area (Å²) in [5, 5.41) is 0.913. The predicted molar refractivity (Wildman–Crippen MR) is 145 cm³/mol. The zero-order valence-electron chi connectivity index (χ0n) is 17.8. The van der Waals surface area contributed by atoms with E-state index in [9.17, 15) is 4.79 Å². The highest BCUT2D eigenvalue weighted by Gasteiger charge is 2.12. The summed E-state index contributed by atoms with van der Waals surface area (Å²) in [4.78, 5) is 28.1. The van der Waals surface area contributed by atoms with E-state index in [1.165, 1.54) is 21.1 Å². The molecule has 0 fully saturated rings. The van der Waals surface area contributed by atoms with E-state index >= 15 is 0 Å². The number of thiophene rings is 4. The average Bonchev–Trinajstić information content (AvgIpc) is 3.69. The first-order valence-corrected chi connectivity index (χ1v) is 13.6. The molecule has 0 saturated heterocycles. The number of rotatable bonds is 6. The molecule has 0 spiro atoms. The van der Waals surface area contributed by atoms with Crippen LogP contribution in [0, 0.1) is 0 Å². The third kappa shape index (κ3) is 3.99. The first-order chi connectivity index (χ1) is 16.7. The standard InChI is InChI=1S/C26H16N2O2S4/c1-30-26-9-8-25(34-26)24-7-5-21(33-24)16-11-19-18(28-13-16)10-15(12-27-19)20-4-6-23(32-20)22-3-2-17(14-29)31-22/h2-14H,1H3. The summed E-state index contributed by atoms with van der Waals surface area (Å²) in [7, 11) is 1.69. The molecule has 0 radical (unpaired) electrons. The van der Waals surface area contributed by atoms with Crippen LogP contribution >= 0.6 is 45.3 Å². The lowest BCUT2D eigenvalue weighted by molar-refractivity contribution is 0.112. The molecule has 4 nitrogen and oxygen atoms in total. The molecule has 6 aromatic heterocycles. The normalized spacial score (nSPS) is 11.2. The Labute approximate surface area is 211 Å². The van der Waals surface area contributed by atoms with E-state index in [4.69, 9.17) is 14.7 Å². The highest BCUT2D eigenvalue weighted by Crippen LogP contribution is 2.41. The number of fused-ring (bicyclic) bond motifs is 1. The number of aromatic nitrogens is 2. The van der Waals surface area contributed by atoms with Gasteiger partial charge in [-0.05, 0) is 60.7 Å². The highest BCUT2D eigenvalue weighted by atomic mass is 32.1. The van der Waals surface area contributed by atoms with Crippen LogP contribution in [0.1, 0.15) is 9.67 Å². The van der Waals surface area contributed by atoms with Crippen LogP contribution in [0.5, 0.6) is 5.06 Å². The van der Waals surface area contributed by atoms with Crippen molar-refractivity contribution in [2.75, 3.05) is 7.11 Å². The molecule has 6 heterocycles. The van der Waals surface area contributed by atoms with Crippen molar-refractivity contribution in [1.29, 1.82) is 0 Å². The number of carbonyl (C=O) groups excluding carboxylic acids is 1. The minimum atomic E-state index is 0.741. The lowest BCUT2D eigenvalue weighted by atomic mass is 10.1. The highest BCUT2D eigenvalue weighted by molar-refractivity contribution is 7.25. The third-order valence-electron chi connectivity index (χ3n) is 5.32. The minimum absolute atomic E-state index is 0.741. The first kappa shape index (κ1) is 21.4. The van der Waals surface area contributed by atoms with Gasteiger partial charge in [-0.25, -0.2) is 0 Å². The van der Waals surface area contributed by atoms with Crippen molar-refractivity contribution < 1.29 is 9.53 Å². The molecule has 0 atom stereocenters. The maximum absolute atomic E-state index is 11.0. The SMILES string of the molecule is COc1ccc(-c2ccc(-c3cnc4cc(-c5ccc(-c6ccc(C=O)s6)s5)cnc4c3)s2)s1. The van der Waals surface area contributed by atoms with Crippen LogP contribution in [0.15, 0.2) is 73.1 Å². The van der Waals surface area contributed by atoms with Crippen molar-refractivity contribution in [2.45, 2.75) is 0 Å². The smallest absolute Gasteiger partial charge is 0.173 e. The fourth-order valence-electron chi connectivity index (χ4n) is 3.63. The van der Waals surface area contributed by atoms with Crippen LogP contribution < -0.4 is 4.74 Å². The van der Waals surface area contributed by atoms with Gasteiger partial charge in [0.2, 0.25) is 0 Å². The van der Waals surface area contributed by atoms with Gasteiger partial charge < -0.3 is 4.74 Å². The summed E-state index contributed by atoms with van der Waals surface area (Å²) >= 11 is 6.59.